The zero-order valence-electron chi connectivity index (χ0n) is 11.8. The van der Waals surface area contributed by atoms with Crippen molar-refractivity contribution < 1.29 is 23.1 Å². The number of benzene rings is 1. The second-order valence-electron chi connectivity index (χ2n) is 5.37. The fourth-order valence-corrected chi connectivity index (χ4v) is 3.10. The van der Waals surface area contributed by atoms with Crippen molar-refractivity contribution in [3.05, 3.63) is 35.4 Å². The standard InChI is InChI=1S/C15H18F3NO2/c1-2-14(13(20)21)8-5-9-19(14)10-11-6-3-4-7-12(11)15(16,17)18/h3-4,6-7H,2,5,8-10H2,1H3,(H,20,21). The normalized spacial score (nSPS) is 23.4. The van der Waals surface area contributed by atoms with Crippen molar-refractivity contribution >= 4 is 5.97 Å². The topological polar surface area (TPSA) is 40.5 Å². The molecule has 1 N–H and O–H groups in total. The summed E-state index contributed by atoms with van der Waals surface area (Å²) in [6.45, 7) is 2.28. The van der Waals surface area contributed by atoms with Crippen LogP contribution in [0.2, 0.25) is 0 Å². The van der Waals surface area contributed by atoms with E-state index in [-0.39, 0.29) is 12.1 Å². The van der Waals surface area contributed by atoms with E-state index in [2.05, 4.69) is 0 Å². The predicted octanol–water partition coefficient (Wildman–Crippen LogP) is 3.53. The summed E-state index contributed by atoms with van der Waals surface area (Å²) in [6, 6.07) is 5.36. The Kier molecular flexibility index (Phi) is 4.27. The lowest BCUT2D eigenvalue weighted by Crippen LogP contribution is -2.49. The zero-order chi connectivity index (χ0) is 15.7. The van der Waals surface area contributed by atoms with Gasteiger partial charge in [0, 0.05) is 6.54 Å². The molecule has 1 aromatic rings. The fourth-order valence-electron chi connectivity index (χ4n) is 3.10. The molecule has 21 heavy (non-hydrogen) atoms. The SMILES string of the molecule is CCC1(C(=O)O)CCCN1Cc1ccccc1C(F)(F)F. The Bertz CT molecular complexity index is 530. The van der Waals surface area contributed by atoms with Crippen molar-refractivity contribution in [3.8, 4) is 0 Å². The molecule has 0 amide bonds. The third kappa shape index (κ3) is 2.90. The van der Waals surface area contributed by atoms with Crippen LogP contribution in [0.4, 0.5) is 13.2 Å². The first-order valence-corrected chi connectivity index (χ1v) is 6.95. The first-order valence-electron chi connectivity index (χ1n) is 6.95. The highest BCUT2D eigenvalue weighted by molar-refractivity contribution is 5.79. The molecule has 0 bridgehead atoms. The number of rotatable bonds is 4. The third-order valence-electron chi connectivity index (χ3n) is 4.29. The van der Waals surface area contributed by atoms with Gasteiger partial charge in [-0.3, -0.25) is 9.69 Å². The maximum Gasteiger partial charge on any atom is 0.416 e. The Labute approximate surface area is 121 Å². The average molecular weight is 301 g/mol. The molecule has 0 spiro atoms. The molecule has 1 heterocycles. The quantitative estimate of drug-likeness (QED) is 0.925. The number of hydrogen-bond acceptors (Lipinski definition) is 2. The lowest BCUT2D eigenvalue weighted by molar-refractivity contribution is -0.150. The Morgan fingerprint density at radius 1 is 1.38 bits per heavy atom. The van der Waals surface area contributed by atoms with E-state index in [9.17, 15) is 23.1 Å². The van der Waals surface area contributed by atoms with E-state index in [1.807, 2.05) is 0 Å². The van der Waals surface area contributed by atoms with Gasteiger partial charge < -0.3 is 5.11 Å². The van der Waals surface area contributed by atoms with Crippen LogP contribution in [0.5, 0.6) is 0 Å². The molecule has 1 unspecified atom stereocenters. The van der Waals surface area contributed by atoms with Crippen molar-refractivity contribution in [1.82, 2.24) is 4.90 Å². The van der Waals surface area contributed by atoms with Crippen LogP contribution in [0.1, 0.15) is 37.3 Å². The molecule has 1 atom stereocenters. The Balaban J connectivity index is 2.32. The molecule has 116 valence electrons. The maximum absolute atomic E-state index is 13.0. The highest BCUT2D eigenvalue weighted by atomic mass is 19.4. The number of halogens is 3. The second kappa shape index (κ2) is 5.67. The number of nitrogens with zero attached hydrogens (tertiary/aromatic N) is 1. The Morgan fingerprint density at radius 3 is 2.62 bits per heavy atom. The Hall–Kier alpha value is -1.56. The van der Waals surface area contributed by atoms with Crippen molar-refractivity contribution in [2.75, 3.05) is 6.54 Å². The first kappa shape index (κ1) is 15.8. The van der Waals surface area contributed by atoms with Crippen LogP contribution in [0.15, 0.2) is 24.3 Å². The lowest BCUT2D eigenvalue weighted by Gasteiger charge is -2.34. The van der Waals surface area contributed by atoms with Crippen LogP contribution >= 0.6 is 0 Å². The highest BCUT2D eigenvalue weighted by Gasteiger charge is 2.46. The molecular formula is C15H18F3NO2. The van der Waals surface area contributed by atoms with Gasteiger partial charge in [0.2, 0.25) is 0 Å². The van der Waals surface area contributed by atoms with Gasteiger partial charge in [-0.2, -0.15) is 13.2 Å². The zero-order valence-corrected chi connectivity index (χ0v) is 11.8. The minimum Gasteiger partial charge on any atom is -0.480 e. The number of hydrogen-bond donors (Lipinski definition) is 1. The summed E-state index contributed by atoms with van der Waals surface area (Å²) in [6.07, 6.45) is -2.87. The fraction of sp³-hybridized carbons (Fsp3) is 0.533. The summed E-state index contributed by atoms with van der Waals surface area (Å²) in [4.78, 5) is 13.2. The Morgan fingerprint density at radius 2 is 2.05 bits per heavy atom. The van der Waals surface area contributed by atoms with Gasteiger partial charge in [-0.1, -0.05) is 25.1 Å². The van der Waals surface area contributed by atoms with E-state index in [0.717, 1.165) is 6.07 Å². The van der Waals surface area contributed by atoms with Crippen LogP contribution in [0.3, 0.4) is 0 Å². The van der Waals surface area contributed by atoms with Crippen LogP contribution in [0, 0.1) is 0 Å². The van der Waals surface area contributed by atoms with Crippen molar-refractivity contribution in [2.24, 2.45) is 0 Å². The average Bonchev–Trinajstić information content (AvgIpc) is 2.82. The summed E-state index contributed by atoms with van der Waals surface area (Å²) in [5.74, 6) is -0.952. The molecule has 0 saturated carbocycles. The van der Waals surface area contributed by atoms with Gasteiger partial charge in [0.15, 0.2) is 0 Å². The molecular weight excluding hydrogens is 283 g/mol. The summed E-state index contributed by atoms with van der Waals surface area (Å²) >= 11 is 0. The van der Waals surface area contributed by atoms with Crippen LogP contribution < -0.4 is 0 Å². The molecule has 6 heteroatoms. The minimum absolute atomic E-state index is 0.00975. The van der Waals surface area contributed by atoms with Gasteiger partial charge in [-0.15, -0.1) is 0 Å². The van der Waals surface area contributed by atoms with Gasteiger partial charge in [0.1, 0.15) is 5.54 Å². The van der Waals surface area contributed by atoms with E-state index < -0.39 is 23.2 Å². The van der Waals surface area contributed by atoms with Crippen LogP contribution in [0.25, 0.3) is 0 Å². The number of carbonyl (C=O) groups is 1. The van der Waals surface area contributed by atoms with Crippen LogP contribution in [-0.2, 0) is 17.5 Å². The highest BCUT2D eigenvalue weighted by Crippen LogP contribution is 2.37. The van der Waals surface area contributed by atoms with E-state index in [0.29, 0.717) is 25.8 Å². The number of aliphatic carboxylic acids is 1. The summed E-state index contributed by atoms with van der Waals surface area (Å²) in [5, 5.41) is 9.48. The van der Waals surface area contributed by atoms with Gasteiger partial charge in [-0.25, -0.2) is 0 Å². The van der Waals surface area contributed by atoms with Gasteiger partial charge in [-0.05, 0) is 37.4 Å². The van der Waals surface area contributed by atoms with Gasteiger partial charge in [0.25, 0.3) is 0 Å². The first-order chi connectivity index (χ1) is 9.81. The van der Waals surface area contributed by atoms with E-state index in [4.69, 9.17) is 0 Å². The number of likely N-dealkylation sites (tertiary alicyclic amines) is 1. The molecule has 2 rings (SSSR count). The summed E-state index contributed by atoms with van der Waals surface area (Å²) < 4.78 is 39.1. The summed E-state index contributed by atoms with van der Waals surface area (Å²) in [7, 11) is 0. The predicted molar refractivity (Wildman–Crippen MR) is 71.7 cm³/mol. The molecule has 1 aliphatic rings. The largest absolute Gasteiger partial charge is 0.480 e. The monoisotopic (exact) mass is 301 g/mol. The van der Waals surface area contributed by atoms with Crippen LogP contribution in [-0.4, -0.2) is 28.1 Å². The second-order valence-corrected chi connectivity index (χ2v) is 5.37. The molecule has 1 aromatic carbocycles. The van der Waals surface area contributed by atoms with E-state index in [1.165, 1.54) is 12.1 Å². The van der Waals surface area contributed by atoms with Crippen molar-refractivity contribution in [2.45, 2.75) is 44.4 Å². The third-order valence-corrected chi connectivity index (χ3v) is 4.29. The van der Waals surface area contributed by atoms with Crippen molar-refractivity contribution in [1.29, 1.82) is 0 Å². The minimum atomic E-state index is -4.42. The summed E-state index contributed by atoms with van der Waals surface area (Å²) in [5.41, 5.74) is -1.60. The smallest absolute Gasteiger partial charge is 0.416 e. The number of alkyl halides is 3. The molecule has 3 nitrogen and oxygen atoms in total. The van der Waals surface area contributed by atoms with Gasteiger partial charge >= 0.3 is 12.1 Å². The molecule has 1 aliphatic heterocycles. The molecule has 0 aromatic heterocycles. The maximum atomic E-state index is 13.0. The number of carboxylic acid groups (broad SMARTS) is 1. The van der Waals surface area contributed by atoms with Gasteiger partial charge in [0.05, 0.1) is 5.56 Å². The molecule has 1 fully saturated rings. The molecule has 0 radical (unpaired) electrons. The lowest BCUT2D eigenvalue weighted by atomic mass is 9.92. The van der Waals surface area contributed by atoms with Crippen molar-refractivity contribution in [3.63, 3.8) is 0 Å². The number of carboxylic acids is 1. The van der Waals surface area contributed by atoms with E-state index >= 15 is 0 Å². The molecule has 1 saturated heterocycles. The molecule has 0 aliphatic carbocycles. The van der Waals surface area contributed by atoms with E-state index in [1.54, 1.807) is 17.9 Å².